The Bertz CT molecular complexity index is 694. The van der Waals surface area contributed by atoms with Crippen LogP contribution in [0.4, 0.5) is 0 Å². The van der Waals surface area contributed by atoms with Crippen LogP contribution in [0.3, 0.4) is 0 Å². The van der Waals surface area contributed by atoms with Gasteiger partial charge in [0.15, 0.2) is 0 Å². The largest absolute Gasteiger partial charge is 0.355 e. The zero-order valence-electron chi connectivity index (χ0n) is 14.6. The fourth-order valence-corrected chi connectivity index (χ4v) is 3.79. The second-order valence-corrected chi connectivity index (χ2v) is 7.42. The molecule has 0 aliphatic rings. The molecule has 0 atom stereocenters. The molecule has 24 heavy (non-hydrogen) atoms. The van der Waals surface area contributed by atoms with Crippen LogP contribution in [-0.4, -0.2) is 42.8 Å². The van der Waals surface area contributed by atoms with E-state index in [-0.39, 0.29) is 17.3 Å². The molecule has 0 saturated heterocycles. The highest BCUT2D eigenvalue weighted by molar-refractivity contribution is 7.89. The first-order valence-corrected chi connectivity index (χ1v) is 9.78. The number of unbranched alkanes of at least 4 members (excludes halogenated alkanes) is 2. The summed E-state index contributed by atoms with van der Waals surface area (Å²) in [6.45, 7) is 6.63. The molecule has 1 amide bonds. The standard InChI is InChI=1S/C16H27N3O4S/c1-4-7-8-11-17-15(20)13-18-12-14(9-10-16(18)21)24(22,23)19(5-2)6-3/h9-10,12H,4-8,11,13H2,1-3H3,(H,17,20). The van der Waals surface area contributed by atoms with Gasteiger partial charge in [-0.2, -0.15) is 4.31 Å². The van der Waals surface area contributed by atoms with Crippen LogP contribution in [0.15, 0.2) is 28.0 Å². The molecule has 1 N–H and O–H groups in total. The predicted octanol–water partition coefficient (Wildman–Crippen LogP) is 1.19. The van der Waals surface area contributed by atoms with E-state index in [0.29, 0.717) is 19.6 Å². The van der Waals surface area contributed by atoms with Gasteiger partial charge in [-0.1, -0.05) is 33.6 Å². The summed E-state index contributed by atoms with van der Waals surface area (Å²) < 4.78 is 27.4. The minimum absolute atomic E-state index is 0.0181. The molecule has 1 aromatic rings. The molecule has 8 heteroatoms. The van der Waals surface area contributed by atoms with Gasteiger partial charge in [0.1, 0.15) is 6.54 Å². The van der Waals surface area contributed by atoms with Crippen molar-refractivity contribution in [3.8, 4) is 0 Å². The van der Waals surface area contributed by atoms with E-state index < -0.39 is 15.6 Å². The molecule has 0 aliphatic heterocycles. The van der Waals surface area contributed by atoms with E-state index in [1.807, 2.05) is 0 Å². The summed E-state index contributed by atoms with van der Waals surface area (Å²) in [7, 11) is -3.66. The van der Waals surface area contributed by atoms with E-state index >= 15 is 0 Å². The van der Waals surface area contributed by atoms with Crippen molar-refractivity contribution in [2.24, 2.45) is 0 Å². The number of pyridine rings is 1. The van der Waals surface area contributed by atoms with Gasteiger partial charge >= 0.3 is 0 Å². The molecular formula is C16H27N3O4S. The maximum absolute atomic E-state index is 12.5. The summed E-state index contributed by atoms with van der Waals surface area (Å²) >= 11 is 0. The van der Waals surface area contributed by atoms with E-state index in [1.165, 1.54) is 22.6 Å². The van der Waals surface area contributed by atoms with Crippen LogP contribution in [0.5, 0.6) is 0 Å². The van der Waals surface area contributed by atoms with E-state index in [0.717, 1.165) is 23.8 Å². The average Bonchev–Trinajstić information content (AvgIpc) is 2.54. The molecule has 136 valence electrons. The van der Waals surface area contributed by atoms with Crippen molar-refractivity contribution in [3.63, 3.8) is 0 Å². The van der Waals surface area contributed by atoms with Gasteiger partial charge in [0.2, 0.25) is 15.9 Å². The number of sulfonamides is 1. The predicted molar refractivity (Wildman–Crippen MR) is 93.3 cm³/mol. The van der Waals surface area contributed by atoms with Crippen LogP contribution in [0, 0.1) is 0 Å². The maximum Gasteiger partial charge on any atom is 0.251 e. The molecule has 0 spiro atoms. The number of hydrogen-bond acceptors (Lipinski definition) is 4. The quantitative estimate of drug-likeness (QED) is 0.637. The van der Waals surface area contributed by atoms with Gasteiger partial charge in [-0.05, 0) is 12.5 Å². The Labute approximate surface area is 143 Å². The number of nitrogens with zero attached hydrogens (tertiary/aromatic N) is 2. The Hall–Kier alpha value is -1.67. The van der Waals surface area contributed by atoms with E-state index in [9.17, 15) is 18.0 Å². The topological polar surface area (TPSA) is 88.5 Å². The fourth-order valence-electron chi connectivity index (χ4n) is 2.31. The normalized spacial score (nSPS) is 11.7. The minimum atomic E-state index is -3.66. The van der Waals surface area contributed by atoms with E-state index in [4.69, 9.17) is 0 Å². The molecule has 1 heterocycles. The number of amides is 1. The monoisotopic (exact) mass is 357 g/mol. The van der Waals surface area contributed by atoms with E-state index in [1.54, 1.807) is 13.8 Å². The van der Waals surface area contributed by atoms with Gasteiger partial charge in [0.25, 0.3) is 5.56 Å². The molecule has 0 aliphatic carbocycles. The Kier molecular flexibility index (Phi) is 8.14. The highest BCUT2D eigenvalue weighted by atomic mass is 32.2. The lowest BCUT2D eigenvalue weighted by Gasteiger charge is -2.19. The van der Waals surface area contributed by atoms with Gasteiger partial charge in [0, 0.05) is 31.9 Å². The first-order valence-electron chi connectivity index (χ1n) is 8.34. The molecular weight excluding hydrogens is 330 g/mol. The number of nitrogens with one attached hydrogen (secondary N) is 1. The van der Waals surface area contributed by atoms with Crippen molar-refractivity contribution >= 4 is 15.9 Å². The summed E-state index contributed by atoms with van der Waals surface area (Å²) in [6.07, 6.45) is 4.20. The van der Waals surface area contributed by atoms with E-state index in [2.05, 4.69) is 12.2 Å². The first-order chi connectivity index (χ1) is 11.4. The van der Waals surface area contributed by atoms with Crippen LogP contribution < -0.4 is 10.9 Å². The van der Waals surface area contributed by atoms with Crippen molar-refractivity contribution < 1.29 is 13.2 Å². The van der Waals surface area contributed by atoms with Crippen LogP contribution in [0.25, 0.3) is 0 Å². The molecule has 0 unspecified atom stereocenters. The van der Waals surface area contributed by atoms with Crippen molar-refractivity contribution in [2.75, 3.05) is 19.6 Å². The number of rotatable bonds is 10. The number of hydrogen-bond donors (Lipinski definition) is 1. The third kappa shape index (κ3) is 5.45. The average molecular weight is 357 g/mol. The molecule has 1 aromatic heterocycles. The lowest BCUT2D eigenvalue weighted by molar-refractivity contribution is -0.121. The SMILES string of the molecule is CCCCCNC(=O)Cn1cc(S(=O)(=O)N(CC)CC)ccc1=O. The third-order valence-electron chi connectivity index (χ3n) is 3.72. The Morgan fingerprint density at radius 1 is 1.17 bits per heavy atom. The second kappa shape index (κ2) is 9.58. The summed E-state index contributed by atoms with van der Waals surface area (Å²) in [5.74, 6) is -0.300. The Morgan fingerprint density at radius 3 is 2.42 bits per heavy atom. The lowest BCUT2D eigenvalue weighted by atomic mass is 10.2. The summed E-state index contributed by atoms with van der Waals surface area (Å²) in [4.78, 5) is 23.8. The minimum Gasteiger partial charge on any atom is -0.355 e. The molecule has 0 saturated carbocycles. The molecule has 0 radical (unpaired) electrons. The zero-order chi connectivity index (χ0) is 18.2. The van der Waals surface area contributed by atoms with Gasteiger partial charge in [-0.15, -0.1) is 0 Å². The molecule has 1 rings (SSSR count). The van der Waals surface area contributed by atoms with Gasteiger partial charge < -0.3 is 9.88 Å². The lowest BCUT2D eigenvalue weighted by Crippen LogP contribution is -2.34. The number of carbonyl (C=O) groups excluding carboxylic acids is 1. The maximum atomic E-state index is 12.5. The highest BCUT2D eigenvalue weighted by Gasteiger charge is 2.22. The summed E-state index contributed by atoms with van der Waals surface area (Å²) in [5.41, 5.74) is -0.405. The van der Waals surface area contributed by atoms with Gasteiger partial charge in [-0.25, -0.2) is 8.42 Å². The highest BCUT2D eigenvalue weighted by Crippen LogP contribution is 2.13. The van der Waals surface area contributed by atoms with Gasteiger partial charge in [-0.3, -0.25) is 9.59 Å². The van der Waals surface area contributed by atoms with Crippen LogP contribution >= 0.6 is 0 Å². The number of aromatic nitrogens is 1. The van der Waals surface area contributed by atoms with Crippen molar-refractivity contribution in [1.82, 2.24) is 14.2 Å². The summed E-state index contributed by atoms with van der Waals surface area (Å²) in [5, 5.41) is 2.74. The number of carbonyl (C=O) groups is 1. The Morgan fingerprint density at radius 2 is 1.83 bits per heavy atom. The molecule has 0 fully saturated rings. The van der Waals surface area contributed by atoms with Gasteiger partial charge in [0.05, 0.1) is 4.90 Å². The third-order valence-corrected chi connectivity index (χ3v) is 5.75. The molecule has 0 bridgehead atoms. The van der Waals surface area contributed by atoms with Crippen LogP contribution in [0.1, 0.15) is 40.0 Å². The zero-order valence-corrected chi connectivity index (χ0v) is 15.4. The van der Waals surface area contributed by atoms with Crippen LogP contribution in [-0.2, 0) is 21.4 Å². The molecule has 0 aromatic carbocycles. The fraction of sp³-hybridized carbons (Fsp3) is 0.625. The van der Waals surface area contributed by atoms with Crippen molar-refractivity contribution in [3.05, 3.63) is 28.7 Å². The smallest absolute Gasteiger partial charge is 0.251 e. The first kappa shape index (κ1) is 20.4. The summed E-state index contributed by atoms with van der Waals surface area (Å²) in [6, 6.07) is 2.46. The van der Waals surface area contributed by atoms with Crippen LogP contribution in [0.2, 0.25) is 0 Å². The van der Waals surface area contributed by atoms with Crippen molar-refractivity contribution in [1.29, 1.82) is 0 Å². The Balaban J connectivity index is 2.91. The second-order valence-electron chi connectivity index (χ2n) is 5.48. The van der Waals surface area contributed by atoms with Crippen molar-refractivity contribution in [2.45, 2.75) is 51.5 Å². The molecule has 7 nitrogen and oxygen atoms in total.